The smallest absolute Gasteiger partial charge is 0.259 e. The van der Waals surface area contributed by atoms with Crippen molar-refractivity contribution in [3.05, 3.63) is 59.5 Å². The predicted molar refractivity (Wildman–Crippen MR) is 116 cm³/mol. The van der Waals surface area contributed by atoms with Crippen molar-refractivity contribution < 1.29 is 14.3 Å². The van der Waals surface area contributed by atoms with Gasteiger partial charge in [0.25, 0.3) is 5.91 Å². The highest BCUT2D eigenvalue weighted by atomic mass is 16.5. The topological polar surface area (TPSA) is 80.0 Å². The molecule has 0 spiro atoms. The summed E-state index contributed by atoms with van der Waals surface area (Å²) >= 11 is 0. The Morgan fingerprint density at radius 1 is 1.06 bits per heavy atom. The quantitative estimate of drug-likeness (QED) is 0.632. The number of carbonyl (C=O) groups excluding carboxylic acids is 2. The van der Waals surface area contributed by atoms with Crippen LogP contribution in [0.25, 0.3) is 5.65 Å². The Morgan fingerprint density at radius 2 is 1.81 bits per heavy atom. The summed E-state index contributed by atoms with van der Waals surface area (Å²) in [5, 5.41) is 4.39. The maximum absolute atomic E-state index is 13.2. The standard InChI is InChI=1S/C23H27N5O3/c1-17-21(22-24-11-3-14-28(22)25-17)23(30)27-13-4-12-26(15-16-27)20(29)10-7-18-5-8-19(31-2)9-6-18/h3,5-6,8-9,11,14H,4,7,10,12-13,15-16H2,1-2H3. The van der Waals surface area contributed by atoms with Crippen LogP contribution in [-0.2, 0) is 11.2 Å². The molecule has 0 atom stereocenters. The summed E-state index contributed by atoms with van der Waals surface area (Å²) < 4.78 is 6.81. The summed E-state index contributed by atoms with van der Waals surface area (Å²) in [6.07, 6.45) is 5.36. The lowest BCUT2D eigenvalue weighted by atomic mass is 10.1. The third-order valence-corrected chi connectivity index (χ3v) is 5.71. The van der Waals surface area contributed by atoms with Gasteiger partial charge in [-0.25, -0.2) is 9.50 Å². The molecule has 0 unspecified atom stereocenters. The van der Waals surface area contributed by atoms with Crippen molar-refractivity contribution in [2.45, 2.75) is 26.2 Å². The van der Waals surface area contributed by atoms with Gasteiger partial charge in [-0.3, -0.25) is 9.59 Å². The largest absolute Gasteiger partial charge is 0.497 e. The molecule has 2 aromatic heterocycles. The molecule has 31 heavy (non-hydrogen) atoms. The first-order chi connectivity index (χ1) is 15.1. The zero-order chi connectivity index (χ0) is 21.8. The monoisotopic (exact) mass is 421 g/mol. The summed E-state index contributed by atoms with van der Waals surface area (Å²) in [5.74, 6) is 0.863. The van der Waals surface area contributed by atoms with E-state index >= 15 is 0 Å². The van der Waals surface area contributed by atoms with Crippen LogP contribution in [0.15, 0.2) is 42.7 Å². The maximum atomic E-state index is 13.2. The molecule has 8 heteroatoms. The van der Waals surface area contributed by atoms with Crippen molar-refractivity contribution in [3.63, 3.8) is 0 Å². The Morgan fingerprint density at radius 3 is 2.58 bits per heavy atom. The second-order valence-electron chi connectivity index (χ2n) is 7.72. The van der Waals surface area contributed by atoms with Gasteiger partial charge in [-0.2, -0.15) is 5.10 Å². The molecule has 0 N–H and O–H groups in total. The molecule has 0 radical (unpaired) electrons. The number of hydrogen-bond acceptors (Lipinski definition) is 5. The van der Waals surface area contributed by atoms with Crippen molar-refractivity contribution in [3.8, 4) is 5.75 Å². The number of ether oxygens (including phenoxy) is 1. The van der Waals surface area contributed by atoms with E-state index in [2.05, 4.69) is 10.1 Å². The van der Waals surface area contributed by atoms with Crippen molar-refractivity contribution in [2.75, 3.05) is 33.3 Å². The van der Waals surface area contributed by atoms with Gasteiger partial charge in [-0.05, 0) is 43.5 Å². The van der Waals surface area contributed by atoms with E-state index in [4.69, 9.17) is 4.74 Å². The second-order valence-corrected chi connectivity index (χ2v) is 7.72. The van der Waals surface area contributed by atoms with E-state index in [0.717, 1.165) is 17.7 Å². The van der Waals surface area contributed by atoms with Gasteiger partial charge in [0.05, 0.1) is 12.8 Å². The first kappa shape index (κ1) is 20.8. The van der Waals surface area contributed by atoms with Crippen LogP contribution >= 0.6 is 0 Å². The number of amides is 2. The normalized spacial score (nSPS) is 14.5. The molecule has 0 bridgehead atoms. The number of aromatic nitrogens is 3. The molecule has 2 amide bonds. The fourth-order valence-corrected chi connectivity index (χ4v) is 3.98. The molecule has 4 rings (SSSR count). The van der Waals surface area contributed by atoms with Crippen molar-refractivity contribution in [1.29, 1.82) is 0 Å². The number of rotatable bonds is 5. The molecule has 1 aromatic carbocycles. The lowest BCUT2D eigenvalue weighted by Gasteiger charge is -2.22. The molecule has 3 heterocycles. The van der Waals surface area contributed by atoms with E-state index in [1.54, 1.807) is 30.1 Å². The summed E-state index contributed by atoms with van der Waals surface area (Å²) in [6, 6.07) is 9.58. The lowest BCUT2D eigenvalue weighted by Crippen LogP contribution is -2.37. The number of aryl methyl sites for hydroxylation is 2. The summed E-state index contributed by atoms with van der Waals surface area (Å²) in [7, 11) is 1.64. The number of nitrogens with zero attached hydrogens (tertiary/aromatic N) is 5. The molecule has 3 aromatic rings. The minimum absolute atomic E-state index is 0.0706. The number of hydrogen-bond donors (Lipinski definition) is 0. The van der Waals surface area contributed by atoms with Gasteiger partial charge in [0.15, 0.2) is 5.65 Å². The number of fused-ring (bicyclic) bond motifs is 1. The molecule has 0 aliphatic carbocycles. The first-order valence-corrected chi connectivity index (χ1v) is 10.6. The van der Waals surface area contributed by atoms with Crippen molar-refractivity contribution in [1.82, 2.24) is 24.4 Å². The number of methoxy groups -OCH3 is 1. The Labute approximate surface area is 181 Å². The van der Waals surface area contributed by atoms with Gasteiger partial charge < -0.3 is 14.5 Å². The van der Waals surface area contributed by atoms with Crippen LogP contribution in [0.3, 0.4) is 0 Å². The van der Waals surface area contributed by atoms with Crippen molar-refractivity contribution >= 4 is 17.5 Å². The fourth-order valence-electron chi connectivity index (χ4n) is 3.98. The Hall–Kier alpha value is -3.42. The first-order valence-electron chi connectivity index (χ1n) is 10.6. The molecule has 1 saturated heterocycles. The van der Waals surface area contributed by atoms with E-state index in [1.807, 2.05) is 41.0 Å². The fraction of sp³-hybridized carbons (Fsp3) is 0.391. The summed E-state index contributed by atoms with van der Waals surface area (Å²) in [6.45, 7) is 4.16. The van der Waals surface area contributed by atoms with Crippen LogP contribution in [0.4, 0.5) is 0 Å². The molecule has 0 saturated carbocycles. The van der Waals surface area contributed by atoms with Crippen LogP contribution in [0, 0.1) is 6.92 Å². The molecule has 1 fully saturated rings. The van der Waals surface area contributed by atoms with Gasteiger partial charge in [-0.1, -0.05) is 12.1 Å². The summed E-state index contributed by atoms with van der Waals surface area (Å²) in [4.78, 5) is 34.0. The van der Waals surface area contributed by atoms with Gasteiger partial charge >= 0.3 is 0 Å². The highest BCUT2D eigenvalue weighted by Gasteiger charge is 2.26. The van der Waals surface area contributed by atoms with Crippen LogP contribution in [-0.4, -0.2) is 69.5 Å². The van der Waals surface area contributed by atoms with Crippen LogP contribution in [0.5, 0.6) is 5.75 Å². The molecule has 8 nitrogen and oxygen atoms in total. The van der Waals surface area contributed by atoms with Gasteiger partial charge in [-0.15, -0.1) is 0 Å². The zero-order valence-corrected chi connectivity index (χ0v) is 18.0. The van der Waals surface area contributed by atoms with E-state index in [0.29, 0.717) is 55.9 Å². The van der Waals surface area contributed by atoms with Gasteiger partial charge in [0, 0.05) is 45.0 Å². The van der Waals surface area contributed by atoms with E-state index in [1.165, 1.54) is 0 Å². The van der Waals surface area contributed by atoms with E-state index in [9.17, 15) is 9.59 Å². The summed E-state index contributed by atoms with van der Waals surface area (Å²) in [5.41, 5.74) is 2.89. The Kier molecular flexibility index (Phi) is 6.16. The molecule has 162 valence electrons. The van der Waals surface area contributed by atoms with Crippen molar-refractivity contribution in [2.24, 2.45) is 0 Å². The van der Waals surface area contributed by atoms with Crippen LogP contribution in [0.1, 0.15) is 34.5 Å². The average Bonchev–Trinajstić information content (AvgIpc) is 2.96. The highest BCUT2D eigenvalue weighted by molar-refractivity contribution is 6.01. The van der Waals surface area contributed by atoms with Crippen LogP contribution < -0.4 is 4.74 Å². The minimum atomic E-state index is -0.0706. The minimum Gasteiger partial charge on any atom is -0.497 e. The molecular weight excluding hydrogens is 394 g/mol. The maximum Gasteiger partial charge on any atom is 0.259 e. The number of carbonyl (C=O) groups is 2. The van der Waals surface area contributed by atoms with E-state index in [-0.39, 0.29) is 11.8 Å². The Bertz CT molecular complexity index is 1080. The average molecular weight is 422 g/mol. The molecule has 1 aliphatic heterocycles. The number of benzene rings is 1. The SMILES string of the molecule is COc1ccc(CCC(=O)N2CCCN(C(=O)c3c(C)nn4cccnc34)CC2)cc1. The van der Waals surface area contributed by atoms with Crippen LogP contribution in [0.2, 0.25) is 0 Å². The highest BCUT2D eigenvalue weighted by Crippen LogP contribution is 2.18. The lowest BCUT2D eigenvalue weighted by molar-refractivity contribution is -0.131. The molecular formula is C23H27N5O3. The predicted octanol–water partition coefficient (Wildman–Crippen LogP) is 2.35. The van der Waals surface area contributed by atoms with Gasteiger partial charge in [0.2, 0.25) is 5.91 Å². The zero-order valence-electron chi connectivity index (χ0n) is 18.0. The third-order valence-electron chi connectivity index (χ3n) is 5.71. The molecule has 1 aliphatic rings. The van der Waals surface area contributed by atoms with E-state index < -0.39 is 0 Å². The Balaban J connectivity index is 1.36. The third kappa shape index (κ3) is 4.52. The van der Waals surface area contributed by atoms with Gasteiger partial charge in [0.1, 0.15) is 11.3 Å². The second kappa shape index (κ2) is 9.16.